The summed E-state index contributed by atoms with van der Waals surface area (Å²) >= 11 is 0.491. The van der Waals surface area contributed by atoms with Gasteiger partial charge in [-0.3, -0.25) is 4.79 Å². The van der Waals surface area contributed by atoms with Crippen molar-refractivity contribution in [1.29, 1.82) is 0 Å². The molecule has 24 heavy (non-hydrogen) atoms. The molecule has 0 heterocycles. The third-order valence-corrected chi connectivity index (χ3v) is 4.83. The fraction of sp³-hybridized carbons (Fsp3) is 0.211. The van der Waals surface area contributed by atoms with Gasteiger partial charge < -0.3 is 5.32 Å². The molecule has 0 saturated carbocycles. The highest BCUT2D eigenvalue weighted by Gasteiger charge is 2.34. The van der Waals surface area contributed by atoms with Crippen molar-refractivity contribution in [3.05, 3.63) is 71.4 Å². The minimum atomic E-state index is -2.48. The Labute approximate surface area is 144 Å². The van der Waals surface area contributed by atoms with Crippen LogP contribution in [-0.2, 0) is 4.79 Å². The maximum absolute atomic E-state index is 13.0. The number of carbonyl (C=O) groups excluding carboxylic acids is 1. The number of thioether (sulfide) groups is 1. The summed E-state index contributed by atoms with van der Waals surface area (Å²) in [5, 5.41) is 3.11. The number of benzene rings is 2. The van der Waals surface area contributed by atoms with Crippen LogP contribution in [0.2, 0.25) is 0 Å². The lowest BCUT2D eigenvalue weighted by molar-refractivity contribution is -0.114. The molecular weight excluding hydrogens is 328 g/mol. The molecule has 0 aliphatic heterocycles. The summed E-state index contributed by atoms with van der Waals surface area (Å²) < 4.78 is 25.2. The fourth-order valence-electron chi connectivity index (χ4n) is 3.05. The molecule has 0 fully saturated rings. The molecule has 1 N–H and O–H groups in total. The van der Waals surface area contributed by atoms with Crippen LogP contribution in [0.3, 0.4) is 0 Å². The van der Waals surface area contributed by atoms with E-state index < -0.39 is 5.76 Å². The van der Waals surface area contributed by atoms with Gasteiger partial charge in [0.15, 0.2) is 5.78 Å². The maximum atomic E-state index is 13.0. The van der Waals surface area contributed by atoms with E-state index in [2.05, 4.69) is 5.32 Å². The van der Waals surface area contributed by atoms with Crippen molar-refractivity contribution in [1.82, 2.24) is 5.32 Å². The molecule has 0 aromatic heterocycles. The Morgan fingerprint density at radius 1 is 1.12 bits per heavy atom. The Hall–Kier alpha value is -2.14. The van der Waals surface area contributed by atoms with E-state index in [1.54, 1.807) is 31.3 Å². The van der Waals surface area contributed by atoms with Gasteiger partial charge in [0, 0.05) is 29.6 Å². The van der Waals surface area contributed by atoms with E-state index in [0.717, 1.165) is 11.3 Å². The number of ketones is 1. The van der Waals surface area contributed by atoms with Gasteiger partial charge in [0.1, 0.15) is 0 Å². The fourth-order valence-corrected chi connectivity index (χ4v) is 3.61. The number of Topliss-reactive ketones (excluding diaryl/α,β-unsaturated/α-hetero) is 1. The van der Waals surface area contributed by atoms with Crippen LogP contribution in [0.25, 0.3) is 5.57 Å². The molecule has 1 aliphatic carbocycles. The van der Waals surface area contributed by atoms with E-state index in [1.165, 1.54) is 0 Å². The first-order valence-corrected chi connectivity index (χ1v) is 8.53. The molecule has 3 rings (SSSR count). The van der Waals surface area contributed by atoms with E-state index >= 15 is 0 Å². The highest BCUT2D eigenvalue weighted by atomic mass is 32.2. The number of hydrogen-bond donors (Lipinski definition) is 1. The van der Waals surface area contributed by atoms with Crippen molar-refractivity contribution in [2.75, 3.05) is 7.05 Å². The summed E-state index contributed by atoms with van der Waals surface area (Å²) in [4.78, 5) is 13.4. The number of hydrogen-bond acceptors (Lipinski definition) is 3. The molecule has 1 aliphatic rings. The number of nitrogens with one attached hydrogen (secondary N) is 1. The zero-order valence-electron chi connectivity index (χ0n) is 13.1. The number of halogens is 2. The second-order valence-corrected chi connectivity index (χ2v) is 6.60. The maximum Gasteiger partial charge on any atom is 0.288 e. The van der Waals surface area contributed by atoms with Crippen LogP contribution in [0.15, 0.2) is 65.2 Å². The number of rotatable bonds is 5. The topological polar surface area (TPSA) is 29.1 Å². The minimum Gasteiger partial charge on any atom is -0.391 e. The summed E-state index contributed by atoms with van der Waals surface area (Å²) in [5.41, 5.74) is 3.12. The standard InChI is InChI=1S/C19H17F2NOS/c1-22-16-11-15(12-6-3-2-4-7-12)18(23)17(16)13-8-5-9-14(10-13)24-19(20)21/h2-10,15,19,22H,11H2,1H3. The smallest absolute Gasteiger partial charge is 0.288 e. The van der Waals surface area contributed by atoms with Gasteiger partial charge in [-0.2, -0.15) is 8.78 Å². The van der Waals surface area contributed by atoms with E-state index in [0.29, 0.717) is 34.2 Å². The summed E-state index contributed by atoms with van der Waals surface area (Å²) in [6.07, 6.45) is 0.598. The van der Waals surface area contributed by atoms with Gasteiger partial charge in [-0.25, -0.2) is 0 Å². The Kier molecular flexibility index (Phi) is 5.00. The lowest BCUT2D eigenvalue weighted by Crippen LogP contribution is -2.08. The van der Waals surface area contributed by atoms with Crippen molar-refractivity contribution in [3.8, 4) is 0 Å². The van der Waals surface area contributed by atoms with Gasteiger partial charge in [0.25, 0.3) is 5.76 Å². The molecule has 5 heteroatoms. The molecule has 2 aromatic rings. The van der Waals surface area contributed by atoms with Crippen LogP contribution in [0.5, 0.6) is 0 Å². The molecular formula is C19H17F2NOS. The number of carbonyl (C=O) groups is 1. The van der Waals surface area contributed by atoms with E-state index in [1.807, 2.05) is 30.3 Å². The SMILES string of the molecule is CNC1=C(c2cccc(SC(F)F)c2)C(=O)C(c2ccccc2)C1. The Morgan fingerprint density at radius 2 is 1.88 bits per heavy atom. The van der Waals surface area contributed by atoms with Crippen molar-refractivity contribution in [2.24, 2.45) is 0 Å². The van der Waals surface area contributed by atoms with Gasteiger partial charge in [-0.1, -0.05) is 54.2 Å². The summed E-state index contributed by atoms with van der Waals surface area (Å²) in [7, 11) is 1.79. The van der Waals surface area contributed by atoms with Crippen molar-refractivity contribution >= 4 is 23.1 Å². The average molecular weight is 345 g/mol. The molecule has 0 spiro atoms. The third-order valence-electron chi connectivity index (χ3n) is 4.12. The van der Waals surface area contributed by atoms with E-state index in [9.17, 15) is 13.6 Å². The van der Waals surface area contributed by atoms with Crippen molar-refractivity contribution in [3.63, 3.8) is 0 Å². The largest absolute Gasteiger partial charge is 0.391 e. The average Bonchev–Trinajstić information content (AvgIpc) is 2.92. The van der Waals surface area contributed by atoms with Gasteiger partial charge in [-0.05, 0) is 23.3 Å². The highest BCUT2D eigenvalue weighted by molar-refractivity contribution is 7.99. The molecule has 0 bridgehead atoms. The van der Waals surface area contributed by atoms with E-state index in [-0.39, 0.29) is 11.7 Å². The van der Waals surface area contributed by atoms with Crippen LogP contribution in [-0.4, -0.2) is 18.6 Å². The molecule has 1 unspecified atom stereocenters. The predicted octanol–water partition coefficient (Wildman–Crippen LogP) is 4.69. The first-order chi connectivity index (χ1) is 11.6. The molecule has 2 aromatic carbocycles. The quantitative estimate of drug-likeness (QED) is 0.797. The van der Waals surface area contributed by atoms with Crippen molar-refractivity contribution in [2.45, 2.75) is 23.0 Å². The predicted molar refractivity (Wildman–Crippen MR) is 93.1 cm³/mol. The summed E-state index contributed by atoms with van der Waals surface area (Å²) in [6.45, 7) is 0. The van der Waals surface area contributed by atoms with Gasteiger partial charge in [0.05, 0.1) is 5.92 Å². The van der Waals surface area contributed by atoms with Crippen molar-refractivity contribution < 1.29 is 13.6 Å². The number of alkyl halides is 2. The molecule has 1 atom stereocenters. The Morgan fingerprint density at radius 3 is 2.54 bits per heavy atom. The zero-order chi connectivity index (χ0) is 17.1. The third kappa shape index (κ3) is 3.36. The lowest BCUT2D eigenvalue weighted by Gasteiger charge is -2.10. The Bertz CT molecular complexity index is 774. The molecule has 124 valence electrons. The van der Waals surface area contributed by atoms with Gasteiger partial charge in [-0.15, -0.1) is 0 Å². The second kappa shape index (κ2) is 7.18. The first-order valence-electron chi connectivity index (χ1n) is 7.65. The first kappa shape index (κ1) is 16.7. The van der Waals surface area contributed by atoms with Gasteiger partial charge >= 0.3 is 0 Å². The molecule has 0 amide bonds. The van der Waals surface area contributed by atoms with E-state index in [4.69, 9.17) is 0 Å². The van der Waals surface area contributed by atoms with Gasteiger partial charge in [0.2, 0.25) is 0 Å². The minimum absolute atomic E-state index is 0.0322. The number of allylic oxidation sites excluding steroid dienone is 2. The summed E-state index contributed by atoms with van der Waals surface area (Å²) in [5.74, 6) is -2.67. The van der Waals surface area contributed by atoms with Crippen LogP contribution in [0, 0.1) is 0 Å². The summed E-state index contributed by atoms with van der Waals surface area (Å²) in [6, 6.07) is 16.4. The molecule has 2 nitrogen and oxygen atoms in total. The molecule has 0 saturated heterocycles. The highest BCUT2D eigenvalue weighted by Crippen LogP contribution is 2.40. The normalized spacial score (nSPS) is 17.7. The second-order valence-electron chi connectivity index (χ2n) is 5.54. The van der Waals surface area contributed by atoms with Crippen LogP contribution in [0.1, 0.15) is 23.5 Å². The zero-order valence-corrected chi connectivity index (χ0v) is 13.9. The van der Waals surface area contributed by atoms with Crippen LogP contribution < -0.4 is 5.32 Å². The monoisotopic (exact) mass is 345 g/mol. The molecule has 0 radical (unpaired) electrons. The lowest BCUT2D eigenvalue weighted by atomic mass is 9.93. The van der Waals surface area contributed by atoms with Crippen LogP contribution in [0.4, 0.5) is 8.78 Å². The van der Waals surface area contributed by atoms with Crippen LogP contribution >= 0.6 is 11.8 Å². The Balaban J connectivity index is 1.95.